The number of nitrogens with one attached hydrogen (secondary N) is 1. The third-order valence-electron chi connectivity index (χ3n) is 6.82. The fraction of sp³-hybridized carbons (Fsp3) is 0.654. The smallest absolute Gasteiger partial charge is 0.251 e. The van der Waals surface area contributed by atoms with Gasteiger partial charge in [-0.25, -0.2) is 0 Å². The molecule has 3 rings (SSSR count). The van der Waals surface area contributed by atoms with E-state index in [-0.39, 0.29) is 34.8 Å². The van der Waals surface area contributed by atoms with Gasteiger partial charge in [0, 0.05) is 30.0 Å². The molecule has 0 radical (unpaired) electrons. The molecule has 31 heavy (non-hydrogen) atoms. The van der Waals surface area contributed by atoms with Gasteiger partial charge in [0.2, 0.25) is 5.91 Å². The predicted molar refractivity (Wildman–Crippen MR) is 123 cm³/mol. The van der Waals surface area contributed by atoms with Crippen molar-refractivity contribution in [2.24, 2.45) is 11.3 Å². The third-order valence-corrected chi connectivity index (χ3v) is 6.82. The van der Waals surface area contributed by atoms with Crippen molar-refractivity contribution in [3.63, 3.8) is 0 Å². The Hall–Kier alpha value is -2.17. The maximum atomic E-state index is 13.0. The number of amides is 2. The van der Waals surface area contributed by atoms with Crippen molar-refractivity contribution in [2.45, 2.75) is 84.6 Å². The van der Waals surface area contributed by atoms with Gasteiger partial charge in [-0.15, -0.1) is 0 Å². The van der Waals surface area contributed by atoms with Crippen LogP contribution in [0.3, 0.4) is 0 Å². The van der Waals surface area contributed by atoms with Crippen LogP contribution in [0.15, 0.2) is 24.3 Å². The normalized spacial score (nSPS) is 21.4. The van der Waals surface area contributed by atoms with Gasteiger partial charge < -0.3 is 10.2 Å². The van der Waals surface area contributed by atoms with E-state index >= 15 is 0 Å². The molecular weight excluding hydrogens is 388 g/mol. The molecule has 5 heteroatoms. The predicted octanol–water partition coefficient (Wildman–Crippen LogP) is 4.71. The Labute approximate surface area is 187 Å². The summed E-state index contributed by atoms with van der Waals surface area (Å²) >= 11 is 0. The first-order valence-corrected chi connectivity index (χ1v) is 11.9. The minimum absolute atomic E-state index is 0.0417. The number of rotatable bonds is 5. The zero-order valence-electron chi connectivity index (χ0n) is 19.6. The van der Waals surface area contributed by atoms with Gasteiger partial charge >= 0.3 is 0 Å². The lowest BCUT2D eigenvalue weighted by Gasteiger charge is -2.36. The second-order valence-electron chi connectivity index (χ2n) is 10.4. The number of carbonyl (C=O) groups excluding carboxylic acids is 3. The standard InChI is InChI=1S/C26H38N2O3/c1-18(29)23(19-10-6-5-7-11-19)27-24(30)21-13-8-12-20(16-21)22-14-9-15-28(17-22)25(31)26(2,3)4/h8,12-13,16,19,22-23H,5-7,9-11,14-15,17H2,1-4H3,(H,27,30)/t22-,23-/m0/s1. The molecule has 2 amide bonds. The second-order valence-corrected chi connectivity index (χ2v) is 10.4. The van der Waals surface area contributed by atoms with Crippen molar-refractivity contribution in [3.05, 3.63) is 35.4 Å². The Kier molecular flexibility index (Phi) is 7.55. The summed E-state index contributed by atoms with van der Waals surface area (Å²) in [5.41, 5.74) is 1.31. The van der Waals surface area contributed by atoms with Crippen molar-refractivity contribution in [1.82, 2.24) is 10.2 Å². The number of Topliss-reactive ketones (excluding diaryl/α,β-unsaturated/α-hetero) is 1. The first-order chi connectivity index (χ1) is 14.7. The Morgan fingerprint density at radius 2 is 1.74 bits per heavy atom. The van der Waals surface area contributed by atoms with Crippen LogP contribution in [-0.4, -0.2) is 41.6 Å². The van der Waals surface area contributed by atoms with E-state index in [2.05, 4.69) is 11.4 Å². The highest BCUT2D eigenvalue weighted by atomic mass is 16.2. The van der Waals surface area contributed by atoms with E-state index in [0.29, 0.717) is 12.1 Å². The lowest BCUT2D eigenvalue weighted by molar-refractivity contribution is -0.140. The molecule has 1 aliphatic heterocycles. The van der Waals surface area contributed by atoms with E-state index in [1.165, 1.54) is 6.42 Å². The molecule has 1 heterocycles. The van der Waals surface area contributed by atoms with Gasteiger partial charge in [-0.05, 0) is 56.2 Å². The van der Waals surface area contributed by atoms with E-state index in [1.54, 1.807) is 6.92 Å². The van der Waals surface area contributed by atoms with Gasteiger partial charge in [0.05, 0.1) is 6.04 Å². The molecule has 1 aromatic carbocycles. The average Bonchev–Trinajstić information content (AvgIpc) is 2.76. The number of hydrogen-bond donors (Lipinski definition) is 1. The topological polar surface area (TPSA) is 66.5 Å². The summed E-state index contributed by atoms with van der Waals surface area (Å²) in [5, 5.41) is 3.03. The Morgan fingerprint density at radius 1 is 1.03 bits per heavy atom. The molecule has 5 nitrogen and oxygen atoms in total. The molecule has 0 aromatic heterocycles. The minimum Gasteiger partial charge on any atom is -0.342 e. The number of benzene rings is 1. The molecule has 0 spiro atoms. The highest BCUT2D eigenvalue weighted by Gasteiger charge is 2.32. The van der Waals surface area contributed by atoms with E-state index in [1.807, 2.05) is 43.9 Å². The highest BCUT2D eigenvalue weighted by molar-refractivity contribution is 5.97. The van der Waals surface area contributed by atoms with Gasteiger partial charge in [0.1, 0.15) is 0 Å². The number of piperidine rings is 1. The lowest BCUT2D eigenvalue weighted by atomic mass is 9.82. The van der Waals surface area contributed by atoms with Gasteiger partial charge in [-0.2, -0.15) is 0 Å². The van der Waals surface area contributed by atoms with E-state index in [9.17, 15) is 14.4 Å². The zero-order chi connectivity index (χ0) is 22.6. The van der Waals surface area contributed by atoms with Crippen LogP contribution >= 0.6 is 0 Å². The Morgan fingerprint density at radius 3 is 2.39 bits per heavy atom. The molecule has 1 N–H and O–H groups in total. The molecular formula is C26H38N2O3. The summed E-state index contributed by atoms with van der Waals surface area (Å²) in [6, 6.07) is 7.33. The number of hydrogen-bond acceptors (Lipinski definition) is 3. The molecule has 0 bridgehead atoms. The van der Waals surface area contributed by atoms with Crippen molar-refractivity contribution in [3.8, 4) is 0 Å². The van der Waals surface area contributed by atoms with Gasteiger partial charge in [0.25, 0.3) is 5.91 Å². The SMILES string of the molecule is CC(=O)[C@H](NC(=O)c1cccc([C@H]2CCCN(C(=O)C(C)(C)C)C2)c1)C1CCCCC1. The van der Waals surface area contributed by atoms with E-state index in [4.69, 9.17) is 0 Å². The second kappa shape index (κ2) is 9.97. The van der Waals surface area contributed by atoms with Crippen LogP contribution in [0.2, 0.25) is 0 Å². The Bertz CT molecular complexity index is 805. The molecule has 1 saturated heterocycles. The average molecular weight is 427 g/mol. The lowest BCUT2D eigenvalue weighted by Crippen LogP contribution is -2.45. The van der Waals surface area contributed by atoms with Gasteiger partial charge in [0.15, 0.2) is 5.78 Å². The highest BCUT2D eigenvalue weighted by Crippen LogP contribution is 2.31. The summed E-state index contributed by atoms with van der Waals surface area (Å²) in [4.78, 5) is 40.0. The van der Waals surface area contributed by atoms with Crippen LogP contribution < -0.4 is 5.32 Å². The summed E-state index contributed by atoms with van der Waals surface area (Å²) in [6.07, 6.45) is 7.46. The molecule has 0 unspecified atom stereocenters. The maximum Gasteiger partial charge on any atom is 0.251 e. The van der Waals surface area contributed by atoms with Crippen LogP contribution in [-0.2, 0) is 9.59 Å². The van der Waals surface area contributed by atoms with Crippen molar-refractivity contribution < 1.29 is 14.4 Å². The third kappa shape index (κ3) is 5.96. The van der Waals surface area contributed by atoms with Crippen LogP contribution in [0.1, 0.15) is 94.5 Å². The molecule has 1 saturated carbocycles. The first-order valence-electron chi connectivity index (χ1n) is 11.9. The molecule has 2 aliphatic rings. The van der Waals surface area contributed by atoms with E-state index < -0.39 is 6.04 Å². The monoisotopic (exact) mass is 426 g/mol. The number of nitrogens with zero attached hydrogens (tertiary/aromatic N) is 1. The minimum atomic E-state index is -0.397. The maximum absolute atomic E-state index is 13.0. The fourth-order valence-electron chi connectivity index (χ4n) is 5.09. The van der Waals surface area contributed by atoms with Crippen molar-refractivity contribution in [1.29, 1.82) is 0 Å². The van der Waals surface area contributed by atoms with Crippen LogP contribution in [0, 0.1) is 11.3 Å². The molecule has 1 aliphatic carbocycles. The number of likely N-dealkylation sites (tertiary alicyclic amines) is 1. The van der Waals surface area contributed by atoms with Gasteiger partial charge in [-0.1, -0.05) is 52.2 Å². The Balaban J connectivity index is 1.71. The zero-order valence-corrected chi connectivity index (χ0v) is 19.6. The van der Waals surface area contributed by atoms with Crippen LogP contribution in [0.25, 0.3) is 0 Å². The first kappa shape index (κ1) is 23.5. The molecule has 1 aromatic rings. The number of carbonyl (C=O) groups is 3. The van der Waals surface area contributed by atoms with Crippen LogP contribution in [0.5, 0.6) is 0 Å². The largest absolute Gasteiger partial charge is 0.342 e. The molecule has 2 atom stereocenters. The summed E-state index contributed by atoms with van der Waals surface area (Å²) < 4.78 is 0. The molecule has 170 valence electrons. The number of ketones is 1. The quantitative estimate of drug-likeness (QED) is 0.742. The summed E-state index contributed by atoms with van der Waals surface area (Å²) in [5.74, 6) is 0.525. The van der Waals surface area contributed by atoms with Crippen molar-refractivity contribution in [2.75, 3.05) is 13.1 Å². The van der Waals surface area contributed by atoms with Gasteiger partial charge in [-0.3, -0.25) is 14.4 Å². The van der Waals surface area contributed by atoms with E-state index in [0.717, 1.165) is 50.6 Å². The summed E-state index contributed by atoms with van der Waals surface area (Å²) in [6.45, 7) is 8.96. The van der Waals surface area contributed by atoms with Crippen molar-refractivity contribution >= 4 is 17.6 Å². The van der Waals surface area contributed by atoms with Crippen LogP contribution in [0.4, 0.5) is 0 Å². The molecule has 2 fully saturated rings. The fourth-order valence-corrected chi connectivity index (χ4v) is 5.09. The summed E-state index contributed by atoms with van der Waals surface area (Å²) in [7, 11) is 0.